The van der Waals surface area contributed by atoms with Crippen molar-refractivity contribution in [1.82, 2.24) is 9.88 Å². The number of halogens is 1. The lowest BCUT2D eigenvalue weighted by Crippen LogP contribution is -2.27. The number of fused-ring (bicyclic) bond motifs is 1. The Balaban J connectivity index is 1.79. The Hall–Kier alpha value is -3.30. The first-order chi connectivity index (χ1) is 13.5. The molecule has 1 amide bonds. The van der Waals surface area contributed by atoms with Gasteiger partial charge in [-0.3, -0.25) is 9.69 Å². The lowest BCUT2D eigenvalue weighted by Gasteiger charge is -2.19. The van der Waals surface area contributed by atoms with Gasteiger partial charge in [-0.05, 0) is 60.3 Å². The van der Waals surface area contributed by atoms with E-state index in [1.54, 1.807) is 18.2 Å². The van der Waals surface area contributed by atoms with E-state index in [0.717, 1.165) is 41.5 Å². The van der Waals surface area contributed by atoms with E-state index < -0.39 is 5.91 Å². The number of nitriles is 1. The number of carbonyl (C=O) groups is 1. The molecule has 1 fully saturated rings. The van der Waals surface area contributed by atoms with Crippen molar-refractivity contribution in [3.63, 3.8) is 0 Å². The monoisotopic (exact) mass is 374 g/mol. The van der Waals surface area contributed by atoms with Crippen LogP contribution in [0.1, 0.15) is 28.9 Å². The maximum absolute atomic E-state index is 13.3. The molecule has 28 heavy (non-hydrogen) atoms. The zero-order valence-corrected chi connectivity index (χ0v) is 15.2. The lowest BCUT2D eigenvalue weighted by molar-refractivity contribution is 0.0996. The van der Waals surface area contributed by atoms with Crippen LogP contribution in [0, 0.1) is 17.1 Å². The third-order valence-corrected chi connectivity index (χ3v) is 5.18. The Kier molecular flexibility index (Phi) is 4.76. The number of benzene rings is 2. The highest BCUT2D eigenvalue weighted by atomic mass is 19.1. The van der Waals surface area contributed by atoms with Crippen LogP contribution >= 0.6 is 0 Å². The van der Waals surface area contributed by atoms with E-state index >= 15 is 0 Å². The smallest absolute Gasteiger partial charge is 0.267 e. The lowest BCUT2D eigenvalue weighted by atomic mass is 9.98. The van der Waals surface area contributed by atoms with Crippen LogP contribution in [0.15, 0.2) is 48.5 Å². The van der Waals surface area contributed by atoms with Gasteiger partial charge >= 0.3 is 0 Å². The van der Waals surface area contributed by atoms with Crippen LogP contribution < -0.4 is 5.73 Å². The number of carbonyl (C=O) groups excluding carboxylic acids is 1. The molecule has 0 spiro atoms. The molecule has 0 aliphatic carbocycles. The van der Waals surface area contributed by atoms with E-state index in [4.69, 9.17) is 5.73 Å². The Morgan fingerprint density at radius 2 is 2.04 bits per heavy atom. The van der Waals surface area contributed by atoms with Crippen LogP contribution in [0.2, 0.25) is 0 Å². The molecule has 4 rings (SSSR count). The number of hydrogen-bond donors (Lipinski definition) is 1. The normalized spacial score (nSPS) is 16.9. The first kappa shape index (κ1) is 18.1. The van der Waals surface area contributed by atoms with Gasteiger partial charge in [-0.2, -0.15) is 5.26 Å². The van der Waals surface area contributed by atoms with Crippen LogP contribution in [-0.4, -0.2) is 28.4 Å². The average Bonchev–Trinajstić information content (AvgIpc) is 3.14. The highest BCUT2D eigenvalue weighted by Crippen LogP contribution is 2.30. The van der Waals surface area contributed by atoms with Crippen LogP contribution in [0.25, 0.3) is 22.0 Å². The van der Waals surface area contributed by atoms with Gasteiger partial charge in [0.25, 0.3) is 5.91 Å². The molecule has 2 heterocycles. The Morgan fingerprint density at radius 1 is 1.25 bits per heavy atom. The SMILES string of the molecule is N#CC1CCCN1Cc1ccc2c(-c3ccc(F)cc3)cc(C(N)=O)nc2c1. The molecule has 2 aromatic carbocycles. The fourth-order valence-electron chi connectivity index (χ4n) is 3.76. The Labute approximate surface area is 162 Å². The van der Waals surface area contributed by atoms with Crippen molar-refractivity contribution in [2.24, 2.45) is 5.73 Å². The molecular formula is C22H19FN4O. The third-order valence-electron chi connectivity index (χ3n) is 5.18. The van der Waals surface area contributed by atoms with E-state index in [0.29, 0.717) is 12.1 Å². The number of likely N-dealkylation sites (tertiary alicyclic amines) is 1. The van der Waals surface area contributed by atoms with E-state index in [-0.39, 0.29) is 17.6 Å². The summed E-state index contributed by atoms with van der Waals surface area (Å²) in [5.41, 5.74) is 8.88. The van der Waals surface area contributed by atoms with Crippen LogP contribution in [0.5, 0.6) is 0 Å². The summed E-state index contributed by atoms with van der Waals surface area (Å²) in [7, 11) is 0. The minimum absolute atomic E-state index is 0.0598. The van der Waals surface area contributed by atoms with Crippen molar-refractivity contribution in [1.29, 1.82) is 5.26 Å². The van der Waals surface area contributed by atoms with Gasteiger partial charge in [0.15, 0.2) is 0 Å². The number of amides is 1. The third kappa shape index (κ3) is 3.45. The fourth-order valence-corrected chi connectivity index (χ4v) is 3.76. The molecule has 0 bridgehead atoms. The second-order valence-corrected chi connectivity index (χ2v) is 7.04. The number of hydrogen-bond acceptors (Lipinski definition) is 4. The van der Waals surface area contributed by atoms with Crippen molar-refractivity contribution < 1.29 is 9.18 Å². The Morgan fingerprint density at radius 3 is 2.75 bits per heavy atom. The first-order valence-corrected chi connectivity index (χ1v) is 9.18. The molecule has 5 nitrogen and oxygen atoms in total. The van der Waals surface area contributed by atoms with Gasteiger partial charge in [-0.25, -0.2) is 9.37 Å². The Bertz CT molecular complexity index is 1090. The van der Waals surface area contributed by atoms with Gasteiger partial charge in [-0.15, -0.1) is 0 Å². The number of rotatable bonds is 4. The number of nitrogens with two attached hydrogens (primary N) is 1. The standard InChI is InChI=1S/C22H19FN4O/c23-16-6-4-15(5-7-16)19-11-21(22(25)28)26-20-10-14(3-8-18(19)20)13-27-9-1-2-17(27)12-24/h3-8,10-11,17H,1-2,9,13H2,(H2,25,28). The maximum atomic E-state index is 13.3. The summed E-state index contributed by atoms with van der Waals surface area (Å²) in [6.45, 7) is 1.55. The molecule has 0 saturated carbocycles. The van der Waals surface area contributed by atoms with Gasteiger partial charge in [-0.1, -0.05) is 24.3 Å². The molecule has 2 N–H and O–H groups in total. The van der Waals surface area contributed by atoms with Crippen molar-refractivity contribution >= 4 is 16.8 Å². The van der Waals surface area contributed by atoms with Gasteiger partial charge in [0.1, 0.15) is 11.5 Å². The van der Waals surface area contributed by atoms with Gasteiger partial charge < -0.3 is 5.73 Å². The summed E-state index contributed by atoms with van der Waals surface area (Å²) in [6, 6.07) is 15.9. The van der Waals surface area contributed by atoms with Crippen molar-refractivity contribution in [3.05, 3.63) is 65.6 Å². The molecule has 1 saturated heterocycles. The van der Waals surface area contributed by atoms with E-state index in [1.165, 1.54) is 12.1 Å². The number of pyridine rings is 1. The average molecular weight is 374 g/mol. The van der Waals surface area contributed by atoms with Crippen molar-refractivity contribution in [2.45, 2.75) is 25.4 Å². The second kappa shape index (κ2) is 7.37. The maximum Gasteiger partial charge on any atom is 0.267 e. The molecule has 1 aliphatic rings. The summed E-state index contributed by atoms with van der Waals surface area (Å²) in [6.07, 6.45) is 1.91. The van der Waals surface area contributed by atoms with Crippen molar-refractivity contribution in [3.8, 4) is 17.2 Å². The molecular weight excluding hydrogens is 355 g/mol. The molecule has 6 heteroatoms. The van der Waals surface area contributed by atoms with Gasteiger partial charge in [0.05, 0.1) is 17.6 Å². The predicted octanol–water partition coefficient (Wildman–Crippen LogP) is 3.63. The molecule has 1 unspecified atom stereocenters. The molecule has 3 aromatic rings. The topological polar surface area (TPSA) is 83.0 Å². The number of primary amides is 1. The molecule has 1 aromatic heterocycles. The highest BCUT2D eigenvalue weighted by Gasteiger charge is 2.24. The van der Waals surface area contributed by atoms with E-state index in [2.05, 4.69) is 16.0 Å². The summed E-state index contributed by atoms with van der Waals surface area (Å²) in [5, 5.41) is 10.1. The fraction of sp³-hybridized carbons (Fsp3) is 0.227. The minimum Gasteiger partial charge on any atom is -0.364 e. The number of nitrogens with zero attached hydrogens (tertiary/aromatic N) is 3. The second-order valence-electron chi connectivity index (χ2n) is 7.04. The molecule has 1 aliphatic heterocycles. The van der Waals surface area contributed by atoms with E-state index in [9.17, 15) is 14.4 Å². The summed E-state index contributed by atoms with van der Waals surface area (Å²) >= 11 is 0. The first-order valence-electron chi connectivity index (χ1n) is 9.18. The van der Waals surface area contributed by atoms with Gasteiger partial charge in [0.2, 0.25) is 0 Å². The number of aromatic nitrogens is 1. The molecule has 1 atom stereocenters. The summed E-state index contributed by atoms with van der Waals surface area (Å²) in [5.74, 6) is -0.933. The summed E-state index contributed by atoms with van der Waals surface area (Å²) in [4.78, 5) is 18.4. The largest absolute Gasteiger partial charge is 0.364 e. The molecule has 140 valence electrons. The summed E-state index contributed by atoms with van der Waals surface area (Å²) < 4.78 is 13.3. The van der Waals surface area contributed by atoms with Crippen LogP contribution in [0.3, 0.4) is 0 Å². The quantitative estimate of drug-likeness (QED) is 0.756. The van der Waals surface area contributed by atoms with Crippen LogP contribution in [0.4, 0.5) is 4.39 Å². The van der Waals surface area contributed by atoms with Crippen LogP contribution in [-0.2, 0) is 6.54 Å². The minimum atomic E-state index is -0.611. The van der Waals surface area contributed by atoms with E-state index in [1.807, 2.05) is 18.2 Å². The van der Waals surface area contributed by atoms with Crippen molar-refractivity contribution in [2.75, 3.05) is 6.54 Å². The highest BCUT2D eigenvalue weighted by molar-refractivity contribution is 6.00. The zero-order chi connectivity index (χ0) is 19.7. The van der Waals surface area contributed by atoms with Gasteiger partial charge in [0, 0.05) is 11.9 Å². The predicted molar refractivity (Wildman–Crippen MR) is 105 cm³/mol. The molecule has 0 radical (unpaired) electrons. The zero-order valence-electron chi connectivity index (χ0n) is 15.2.